The predicted octanol–water partition coefficient (Wildman–Crippen LogP) is 5.72. The fraction of sp³-hybridized carbons (Fsp3) is 0.214. The number of aromatic nitrogens is 1. The molecule has 0 radical (unpaired) electrons. The number of halogens is 1. The second kappa shape index (κ2) is 8.91. The molecule has 2 heterocycles. The summed E-state index contributed by atoms with van der Waals surface area (Å²) >= 11 is 0. The maximum atomic E-state index is 13.3. The zero-order valence-corrected chi connectivity index (χ0v) is 18.2. The van der Waals surface area contributed by atoms with E-state index in [-0.39, 0.29) is 11.7 Å². The van der Waals surface area contributed by atoms with Crippen molar-refractivity contribution in [1.82, 2.24) is 9.47 Å². The van der Waals surface area contributed by atoms with Gasteiger partial charge in [-0.05, 0) is 66.3 Å². The van der Waals surface area contributed by atoms with Crippen molar-refractivity contribution in [3.05, 3.63) is 107 Å². The number of piperidine rings is 1. The first-order valence-corrected chi connectivity index (χ1v) is 11.2. The molecule has 5 heteroatoms. The number of hydrogen-bond acceptors (Lipinski definition) is 2. The number of carbonyl (C=O) groups is 1. The molecule has 33 heavy (non-hydrogen) atoms. The van der Waals surface area contributed by atoms with Gasteiger partial charge < -0.3 is 9.47 Å². The summed E-state index contributed by atoms with van der Waals surface area (Å²) in [5.74, 6) is 0.139. The summed E-state index contributed by atoms with van der Waals surface area (Å²) in [6.07, 6.45) is 4.02. The molecular weight excluding hydrogens is 413 g/mol. The van der Waals surface area contributed by atoms with Crippen LogP contribution in [-0.2, 0) is 6.54 Å². The molecule has 5 rings (SSSR count). The standard InChI is InChI=1S/C28H24FN3O/c29-24-10-8-20(9-11-24)18-32-19-26(25-6-1-2-7-27(25)32)22-12-14-31(15-13-22)28(33)23-5-3-4-21(16-23)17-30/h1-11,16,19,22H,12-15,18H2. The molecule has 0 bridgehead atoms. The van der Waals surface area contributed by atoms with Crippen molar-refractivity contribution in [2.45, 2.75) is 25.3 Å². The first kappa shape index (κ1) is 21.0. The maximum Gasteiger partial charge on any atom is 0.253 e. The Morgan fingerprint density at radius 1 is 1.00 bits per heavy atom. The van der Waals surface area contributed by atoms with Crippen LogP contribution in [-0.4, -0.2) is 28.5 Å². The van der Waals surface area contributed by atoms with Crippen molar-refractivity contribution in [1.29, 1.82) is 5.26 Å². The van der Waals surface area contributed by atoms with E-state index in [1.54, 1.807) is 24.3 Å². The van der Waals surface area contributed by atoms with Gasteiger partial charge in [-0.15, -0.1) is 0 Å². The van der Waals surface area contributed by atoms with E-state index in [0.717, 1.165) is 18.4 Å². The lowest BCUT2D eigenvalue weighted by atomic mass is 9.89. The van der Waals surface area contributed by atoms with E-state index in [1.165, 1.54) is 28.6 Å². The fourth-order valence-electron chi connectivity index (χ4n) is 4.82. The minimum absolute atomic E-state index is 0.00992. The number of rotatable bonds is 4. The highest BCUT2D eigenvalue weighted by atomic mass is 19.1. The largest absolute Gasteiger partial charge is 0.343 e. The Morgan fingerprint density at radius 3 is 2.52 bits per heavy atom. The molecule has 0 unspecified atom stereocenters. The topological polar surface area (TPSA) is 49.0 Å². The SMILES string of the molecule is N#Cc1cccc(C(=O)N2CCC(c3cn(Cc4ccc(F)cc4)c4ccccc34)CC2)c1. The van der Waals surface area contributed by atoms with E-state index in [9.17, 15) is 9.18 Å². The number of hydrogen-bond donors (Lipinski definition) is 0. The van der Waals surface area contributed by atoms with Gasteiger partial charge in [0.2, 0.25) is 0 Å². The number of fused-ring (bicyclic) bond motifs is 1. The van der Waals surface area contributed by atoms with Crippen LogP contribution in [0.25, 0.3) is 10.9 Å². The molecule has 4 nitrogen and oxygen atoms in total. The number of carbonyl (C=O) groups excluding carboxylic acids is 1. The van der Waals surface area contributed by atoms with Gasteiger partial charge in [-0.3, -0.25) is 4.79 Å². The van der Waals surface area contributed by atoms with Gasteiger partial charge >= 0.3 is 0 Å². The number of benzene rings is 3. The average molecular weight is 438 g/mol. The van der Waals surface area contributed by atoms with Crippen LogP contribution < -0.4 is 0 Å². The molecular formula is C28H24FN3O. The second-order valence-electron chi connectivity index (χ2n) is 8.62. The number of amides is 1. The minimum atomic E-state index is -0.225. The summed E-state index contributed by atoms with van der Waals surface area (Å²) in [6.45, 7) is 2.07. The van der Waals surface area contributed by atoms with Gasteiger partial charge in [0.1, 0.15) is 5.82 Å². The smallest absolute Gasteiger partial charge is 0.253 e. The van der Waals surface area contributed by atoms with Gasteiger partial charge in [-0.1, -0.05) is 36.4 Å². The van der Waals surface area contributed by atoms with Crippen LogP contribution in [0.3, 0.4) is 0 Å². The third-order valence-corrected chi connectivity index (χ3v) is 6.55. The highest BCUT2D eigenvalue weighted by molar-refractivity contribution is 5.94. The second-order valence-corrected chi connectivity index (χ2v) is 8.62. The Bertz CT molecular complexity index is 1340. The molecule has 0 atom stereocenters. The highest BCUT2D eigenvalue weighted by Gasteiger charge is 2.26. The molecule has 1 saturated heterocycles. The molecule has 164 valence electrons. The molecule has 3 aromatic carbocycles. The molecule has 0 saturated carbocycles. The quantitative estimate of drug-likeness (QED) is 0.410. The summed E-state index contributed by atoms with van der Waals surface area (Å²) < 4.78 is 15.6. The van der Waals surface area contributed by atoms with Gasteiger partial charge in [0.15, 0.2) is 0 Å². The van der Waals surface area contributed by atoms with Crippen molar-refractivity contribution < 1.29 is 9.18 Å². The van der Waals surface area contributed by atoms with E-state index in [0.29, 0.717) is 36.7 Å². The lowest BCUT2D eigenvalue weighted by molar-refractivity contribution is 0.0713. The summed E-state index contributed by atoms with van der Waals surface area (Å²) in [5.41, 5.74) is 4.62. The molecule has 1 aromatic heterocycles. The van der Waals surface area contributed by atoms with Crippen molar-refractivity contribution >= 4 is 16.8 Å². The minimum Gasteiger partial charge on any atom is -0.343 e. The van der Waals surface area contributed by atoms with Gasteiger partial charge in [0, 0.05) is 42.3 Å². The number of likely N-dealkylation sites (tertiary alicyclic amines) is 1. The van der Waals surface area contributed by atoms with Crippen LogP contribution in [0.4, 0.5) is 4.39 Å². The van der Waals surface area contributed by atoms with Gasteiger partial charge in [-0.2, -0.15) is 5.26 Å². The molecule has 0 spiro atoms. The van der Waals surface area contributed by atoms with Crippen LogP contribution in [0.5, 0.6) is 0 Å². The van der Waals surface area contributed by atoms with E-state index >= 15 is 0 Å². The van der Waals surface area contributed by atoms with Crippen LogP contribution in [0, 0.1) is 17.1 Å². The molecule has 0 N–H and O–H groups in total. The summed E-state index contributed by atoms with van der Waals surface area (Å²) in [5, 5.41) is 10.4. The van der Waals surface area contributed by atoms with Crippen molar-refractivity contribution in [2.24, 2.45) is 0 Å². The van der Waals surface area contributed by atoms with Crippen LogP contribution >= 0.6 is 0 Å². The third kappa shape index (κ3) is 4.25. The third-order valence-electron chi connectivity index (χ3n) is 6.55. The molecule has 1 aliphatic heterocycles. The highest BCUT2D eigenvalue weighted by Crippen LogP contribution is 2.35. The van der Waals surface area contributed by atoms with Crippen molar-refractivity contribution in [3.8, 4) is 6.07 Å². The van der Waals surface area contributed by atoms with E-state index in [4.69, 9.17) is 5.26 Å². The molecule has 0 aliphatic carbocycles. The van der Waals surface area contributed by atoms with E-state index < -0.39 is 0 Å². The molecule has 1 fully saturated rings. The normalized spacial score (nSPS) is 14.4. The molecule has 4 aromatic rings. The molecule has 1 amide bonds. The number of para-hydroxylation sites is 1. The van der Waals surface area contributed by atoms with Gasteiger partial charge in [0.25, 0.3) is 5.91 Å². The molecule has 1 aliphatic rings. The number of nitrogens with zero attached hydrogens (tertiary/aromatic N) is 3. The van der Waals surface area contributed by atoms with Gasteiger partial charge in [-0.25, -0.2) is 4.39 Å². The average Bonchev–Trinajstić information content (AvgIpc) is 3.23. The Morgan fingerprint density at radius 2 is 1.76 bits per heavy atom. The fourth-order valence-corrected chi connectivity index (χ4v) is 4.82. The van der Waals surface area contributed by atoms with Gasteiger partial charge in [0.05, 0.1) is 11.6 Å². The lowest BCUT2D eigenvalue weighted by Gasteiger charge is -2.32. The summed E-state index contributed by atoms with van der Waals surface area (Å²) in [7, 11) is 0. The number of nitriles is 1. The van der Waals surface area contributed by atoms with Crippen LogP contribution in [0.2, 0.25) is 0 Å². The first-order chi connectivity index (χ1) is 16.1. The van der Waals surface area contributed by atoms with Crippen molar-refractivity contribution in [2.75, 3.05) is 13.1 Å². The Balaban J connectivity index is 1.35. The van der Waals surface area contributed by atoms with E-state index in [2.05, 4.69) is 35.0 Å². The van der Waals surface area contributed by atoms with Crippen LogP contribution in [0.1, 0.15) is 45.8 Å². The Labute approximate surface area is 192 Å². The Kier molecular flexibility index (Phi) is 5.66. The zero-order chi connectivity index (χ0) is 22.8. The zero-order valence-electron chi connectivity index (χ0n) is 18.2. The predicted molar refractivity (Wildman–Crippen MR) is 126 cm³/mol. The lowest BCUT2D eigenvalue weighted by Crippen LogP contribution is -2.37. The summed E-state index contributed by atoms with van der Waals surface area (Å²) in [4.78, 5) is 14.8. The first-order valence-electron chi connectivity index (χ1n) is 11.2. The summed E-state index contributed by atoms with van der Waals surface area (Å²) in [6, 6.07) is 24.1. The van der Waals surface area contributed by atoms with E-state index in [1.807, 2.05) is 23.1 Å². The van der Waals surface area contributed by atoms with Crippen LogP contribution in [0.15, 0.2) is 79.0 Å². The Hall–Kier alpha value is -3.91. The maximum absolute atomic E-state index is 13.3. The van der Waals surface area contributed by atoms with Crippen molar-refractivity contribution in [3.63, 3.8) is 0 Å². The monoisotopic (exact) mass is 437 g/mol.